The van der Waals surface area contributed by atoms with E-state index in [9.17, 15) is 13.2 Å². The van der Waals surface area contributed by atoms with Crippen LogP contribution in [0.1, 0.15) is 11.8 Å². The molecule has 1 atom stereocenters. The fourth-order valence-electron chi connectivity index (χ4n) is 1.57. The number of ether oxygens (including phenoxy) is 1. The summed E-state index contributed by atoms with van der Waals surface area (Å²) in [6.07, 6.45) is -4.34. The minimum absolute atomic E-state index is 0.237. The van der Waals surface area contributed by atoms with Crippen LogP contribution in [0, 0.1) is 0 Å². The Balaban J connectivity index is 1.98. The Hall–Kier alpha value is -1.53. The molecule has 1 aromatic carbocycles. The van der Waals surface area contributed by atoms with Gasteiger partial charge in [0.1, 0.15) is 18.0 Å². The lowest BCUT2D eigenvalue weighted by Crippen LogP contribution is -2.22. The van der Waals surface area contributed by atoms with Gasteiger partial charge in [-0.2, -0.15) is 13.2 Å². The van der Waals surface area contributed by atoms with Crippen LogP contribution in [0.25, 0.3) is 11.0 Å². The first kappa shape index (κ1) is 12.9. The molecule has 1 heterocycles. The van der Waals surface area contributed by atoms with Gasteiger partial charge in [-0.15, -0.1) is 0 Å². The predicted octanol–water partition coefficient (Wildman–Crippen LogP) is 3.01. The summed E-state index contributed by atoms with van der Waals surface area (Å²) in [5, 5.41) is 0.860. The Morgan fingerprint density at radius 2 is 2.00 bits per heavy atom. The molecule has 0 aliphatic heterocycles. The summed E-state index contributed by atoms with van der Waals surface area (Å²) in [4.78, 5) is 0. The van der Waals surface area contributed by atoms with Gasteiger partial charge in [-0.05, 0) is 12.1 Å². The molecule has 2 N–H and O–H groups in total. The summed E-state index contributed by atoms with van der Waals surface area (Å²) in [5.74, 6) is 0.415. The standard InChI is InChI=1S/C12H12F3NO2/c13-12(14,15)7-17-6-9(16)11-5-8-3-1-2-4-10(8)18-11/h1-5,9H,6-7,16H2. The van der Waals surface area contributed by atoms with Crippen LogP contribution in [-0.4, -0.2) is 19.4 Å². The molecular weight excluding hydrogens is 247 g/mol. The van der Waals surface area contributed by atoms with Gasteiger partial charge in [0.05, 0.1) is 12.6 Å². The second-order valence-corrected chi connectivity index (χ2v) is 3.92. The number of furan rings is 1. The molecule has 0 aliphatic carbocycles. The van der Waals surface area contributed by atoms with Crippen molar-refractivity contribution >= 4 is 11.0 Å². The van der Waals surface area contributed by atoms with Gasteiger partial charge in [0, 0.05) is 5.39 Å². The van der Waals surface area contributed by atoms with Gasteiger partial charge >= 0.3 is 6.18 Å². The fraction of sp³-hybridized carbons (Fsp3) is 0.333. The maximum Gasteiger partial charge on any atom is 0.411 e. The van der Waals surface area contributed by atoms with Crippen molar-refractivity contribution in [2.45, 2.75) is 12.2 Å². The van der Waals surface area contributed by atoms with Gasteiger partial charge < -0.3 is 14.9 Å². The van der Waals surface area contributed by atoms with E-state index >= 15 is 0 Å². The van der Waals surface area contributed by atoms with Crippen LogP contribution in [0.15, 0.2) is 34.7 Å². The smallest absolute Gasteiger partial charge is 0.411 e. The third-order valence-corrected chi connectivity index (χ3v) is 2.37. The molecule has 0 spiro atoms. The fourth-order valence-corrected chi connectivity index (χ4v) is 1.57. The highest BCUT2D eigenvalue weighted by Gasteiger charge is 2.28. The zero-order chi connectivity index (χ0) is 13.2. The molecule has 0 fully saturated rings. The van der Waals surface area contributed by atoms with E-state index < -0.39 is 18.8 Å². The van der Waals surface area contributed by atoms with Crippen molar-refractivity contribution in [1.29, 1.82) is 0 Å². The van der Waals surface area contributed by atoms with Gasteiger partial charge in [-0.3, -0.25) is 0 Å². The van der Waals surface area contributed by atoms with Crippen molar-refractivity contribution in [3.05, 3.63) is 36.1 Å². The quantitative estimate of drug-likeness (QED) is 0.918. The Morgan fingerprint density at radius 1 is 1.28 bits per heavy atom. The maximum absolute atomic E-state index is 11.9. The molecule has 0 amide bonds. The third-order valence-electron chi connectivity index (χ3n) is 2.37. The molecule has 18 heavy (non-hydrogen) atoms. The van der Waals surface area contributed by atoms with Crippen LogP contribution in [0.4, 0.5) is 13.2 Å². The highest BCUT2D eigenvalue weighted by Crippen LogP contribution is 2.23. The van der Waals surface area contributed by atoms with Crippen LogP contribution in [0.2, 0.25) is 0 Å². The molecule has 0 saturated heterocycles. The monoisotopic (exact) mass is 259 g/mol. The summed E-state index contributed by atoms with van der Waals surface area (Å²) in [5.41, 5.74) is 6.35. The molecule has 0 saturated carbocycles. The molecular formula is C12H12F3NO2. The number of fused-ring (bicyclic) bond motifs is 1. The predicted molar refractivity (Wildman–Crippen MR) is 60.0 cm³/mol. The maximum atomic E-state index is 11.9. The Morgan fingerprint density at radius 3 is 2.67 bits per heavy atom. The van der Waals surface area contributed by atoms with Crippen molar-refractivity contribution in [3.8, 4) is 0 Å². The van der Waals surface area contributed by atoms with E-state index in [4.69, 9.17) is 10.2 Å². The molecule has 0 bridgehead atoms. The van der Waals surface area contributed by atoms with E-state index in [2.05, 4.69) is 4.74 Å². The average molecular weight is 259 g/mol. The first-order valence-electron chi connectivity index (χ1n) is 5.34. The number of benzene rings is 1. The first-order valence-corrected chi connectivity index (χ1v) is 5.34. The van der Waals surface area contributed by atoms with Gasteiger partial charge in [0.15, 0.2) is 0 Å². The summed E-state index contributed by atoms with van der Waals surface area (Å²) >= 11 is 0. The van der Waals surface area contributed by atoms with Crippen LogP contribution in [0.3, 0.4) is 0 Å². The van der Waals surface area contributed by atoms with E-state index in [0.717, 1.165) is 5.39 Å². The number of hydrogen-bond donors (Lipinski definition) is 1. The summed E-state index contributed by atoms with van der Waals surface area (Å²) in [6, 6.07) is 8.25. The van der Waals surface area contributed by atoms with Crippen molar-refractivity contribution in [2.24, 2.45) is 5.73 Å². The molecule has 1 unspecified atom stereocenters. The Labute approximate surface area is 101 Å². The Kier molecular flexibility index (Phi) is 3.58. The van der Waals surface area contributed by atoms with Gasteiger partial charge in [-0.25, -0.2) is 0 Å². The lowest BCUT2D eigenvalue weighted by Gasteiger charge is -2.11. The molecule has 2 rings (SSSR count). The van der Waals surface area contributed by atoms with E-state index in [1.165, 1.54) is 0 Å². The summed E-state index contributed by atoms with van der Waals surface area (Å²) < 4.78 is 45.6. The van der Waals surface area contributed by atoms with E-state index in [-0.39, 0.29) is 6.61 Å². The van der Waals surface area contributed by atoms with Crippen molar-refractivity contribution < 1.29 is 22.3 Å². The number of hydrogen-bond acceptors (Lipinski definition) is 3. The second kappa shape index (κ2) is 4.99. The van der Waals surface area contributed by atoms with Crippen LogP contribution < -0.4 is 5.73 Å². The lowest BCUT2D eigenvalue weighted by atomic mass is 10.2. The molecule has 0 radical (unpaired) electrons. The third kappa shape index (κ3) is 3.24. The number of rotatable bonds is 4. The van der Waals surface area contributed by atoms with Crippen LogP contribution in [-0.2, 0) is 4.74 Å². The van der Waals surface area contributed by atoms with Crippen molar-refractivity contribution in [3.63, 3.8) is 0 Å². The second-order valence-electron chi connectivity index (χ2n) is 3.92. The topological polar surface area (TPSA) is 48.4 Å². The number of nitrogens with two attached hydrogens (primary N) is 1. The zero-order valence-electron chi connectivity index (χ0n) is 9.41. The molecule has 98 valence electrons. The molecule has 0 aliphatic rings. The Bertz CT molecular complexity index is 488. The zero-order valence-corrected chi connectivity index (χ0v) is 9.41. The normalized spacial score (nSPS) is 14.0. The lowest BCUT2D eigenvalue weighted by molar-refractivity contribution is -0.175. The van der Waals surface area contributed by atoms with Crippen molar-refractivity contribution in [1.82, 2.24) is 0 Å². The molecule has 2 aromatic rings. The van der Waals surface area contributed by atoms with Crippen LogP contribution in [0.5, 0.6) is 0 Å². The average Bonchev–Trinajstić information content (AvgIpc) is 2.70. The molecule has 1 aromatic heterocycles. The van der Waals surface area contributed by atoms with Gasteiger partial charge in [0.25, 0.3) is 0 Å². The molecule has 3 nitrogen and oxygen atoms in total. The SMILES string of the molecule is NC(COCC(F)(F)F)c1cc2ccccc2o1. The van der Waals surface area contributed by atoms with E-state index in [1.807, 2.05) is 12.1 Å². The largest absolute Gasteiger partial charge is 0.459 e. The van der Waals surface area contributed by atoms with Crippen molar-refractivity contribution in [2.75, 3.05) is 13.2 Å². The summed E-state index contributed by atoms with van der Waals surface area (Å²) in [6.45, 7) is -1.54. The number of para-hydroxylation sites is 1. The molecule has 6 heteroatoms. The minimum atomic E-state index is -4.34. The highest BCUT2D eigenvalue weighted by atomic mass is 19.4. The van der Waals surface area contributed by atoms with E-state index in [0.29, 0.717) is 11.3 Å². The summed E-state index contributed by atoms with van der Waals surface area (Å²) in [7, 11) is 0. The highest BCUT2D eigenvalue weighted by molar-refractivity contribution is 5.77. The van der Waals surface area contributed by atoms with Gasteiger partial charge in [0.2, 0.25) is 0 Å². The van der Waals surface area contributed by atoms with Gasteiger partial charge in [-0.1, -0.05) is 18.2 Å². The minimum Gasteiger partial charge on any atom is -0.459 e. The number of halogens is 3. The number of alkyl halides is 3. The van der Waals surface area contributed by atoms with E-state index in [1.54, 1.807) is 18.2 Å². The van der Waals surface area contributed by atoms with Crippen LogP contribution >= 0.6 is 0 Å². The first-order chi connectivity index (χ1) is 8.46.